The fourth-order valence-corrected chi connectivity index (χ4v) is 2.14. The molecule has 1 heterocycles. The van der Waals surface area contributed by atoms with Gasteiger partial charge in [-0.25, -0.2) is 4.98 Å². The van der Waals surface area contributed by atoms with E-state index in [2.05, 4.69) is 55.6 Å². The van der Waals surface area contributed by atoms with Crippen molar-refractivity contribution >= 4 is 33.3 Å². The largest absolute Gasteiger partial charge is 0.369 e. The molecule has 0 amide bonds. The molecule has 0 fully saturated rings. The highest BCUT2D eigenvalue weighted by molar-refractivity contribution is 9.10. The van der Waals surface area contributed by atoms with Crippen molar-refractivity contribution in [3.05, 3.63) is 40.6 Å². The number of aryl methyl sites for hydroxylation is 1. The van der Waals surface area contributed by atoms with Gasteiger partial charge in [0.25, 0.3) is 0 Å². The lowest BCUT2D eigenvalue weighted by atomic mass is 10.2. The molecule has 2 rings (SSSR count). The second-order valence-corrected chi connectivity index (χ2v) is 4.78. The molecule has 0 aliphatic rings. The summed E-state index contributed by atoms with van der Waals surface area (Å²) in [5.41, 5.74) is 2.18. The van der Waals surface area contributed by atoms with Crippen molar-refractivity contribution in [1.29, 1.82) is 0 Å². The van der Waals surface area contributed by atoms with Crippen LogP contribution in [0.2, 0.25) is 0 Å². The van der Waals surface area contributed by atoms with E-state index in [1.54, 1.807) is 12.4 Å². The summed E-state index contributed by atoms with van der Waals surface area (Å²) in [6.45, 7) is 4.91. The quantitative estimate of drug-likeness (QED) is 0.904. The Morgan fingerprint density at radius 2 is 2.00 bits per heavy atom. The van der Waals surface area contributed by atoms with Gasteiger partial charge >= 0.3 is 0 Å². The van der Waals surface area contributed by atoms with Gasteiger partial charge in [-0.2, -0.15) is 0 Å². The molecule has 0 bridgehead atoms. The number of nitrogens with zero attached hydrogens (tertiary/aromatic N) is 2. The Morgan fingerprint density at radius 3 is 2.72 bits per heavy atom. The molecule has 0 spiro atoms. The van der Waals surface area contributed by atoms with Crippen molar-refractivity contribution in [2.75, 3.05) is 17.2 Å². The fourth-order valence-electron chi connectivity index (χ4n) is 1.55. The van der Waals surface area contributed by atoms with E-state index in [4.69, 9.17) is 0 Å². The fraction of sp³-hybridized carbons (Fsp3) is 0.231. The number of aromatic nitrogens is 2. The van der Waals surface area contributed by atoms with Gasteiger partial charge in [0.1, 0.15) is 5.82 Å². The van der Waals surface area contributed by atoms with E-state index in [9.17, 15) is 0 Å². The summed E-state index contributed by atoms with van der Waals surface area (Å²) < 4.78 is 1.01. The molecule has 0 unspecified atom stereocenters. The summed E-state index contributed by atoms with van der Waals surface area (Å²) in [4.78, 5) is 8.56. The average molecular weight is 307 g/mol. The van der Waals surface area contributed by atoms with Gasteiger partial charge in [-0.15, -0.1) is 0 Å². The number of nitrogens with one attached hydrogen (secondary N) is 2. The third-order valence-electron chi connectivity index (χ3n) is 2.38. The number of halogens is 1. The number of anilines is 3. The predicted octanol–water partition coefficient (Wildman–Crippen LogP) is 3.72. The number of hydrogen-bond acceptors (Lipinski definition) is 4. The zero-order valence-corrected chi connectivity index (χ0v) is 12.0. The third-order valence-corrected chi connectivity index (χ3v) is 3.04. The molecule has 4 nitrogen and oxygen atoms in total. The molecule has 94 valence electrons. The van der Waals surface area contributed by atoms with E-state index in [0.717, 1.165) is 28.3 Å². The second kappa shape index (κ2) is 5.82. The maximum absolute atomic E-state index is 4.42. The van der Waals surface area contributed by atoms with E-state index in [1.807, 2.05) is 13.0 Å². The first kappa shape index (κ1) is 12.8. The first-order valence-corrected chi connectivity index (χ1v) is 6.57. The molecule has 2 N–H and O–H groups in total. The Morgan fingerprint density at radius 1 is 1.22 bits per heavy atom. The van der Waals surface area contributed by atoms with Gasteiger partial charge in [0.15, 0.2) is 5.82 Å². The maximum Gasteiger partial charge on any atom is 0.151 e. The molecular weight excluding hydrogens is 292 g/mol. The molecule has 0 saturated heterocycles. The third kappa shape index (κ3) is 3.20. The summed E-state index contributed by atoms with van der Waals surface area (Å²) in [5, 5.41) is 6.37. The Bertz CT molecular complexity index is 542. The van der Waals surface area contributed by atoms with Crippen LogP contribution in [0.25, 0.3) is 0 Å². The van der Waals surface area contributed by atoms with E-state index >= 15 is 0 Å². The summed E-state index contributed by atoms with van der Waals surface area (Å²) in [5.74, 6) is 1.49. The molecule has 2 aromatic rings. The Kier molecular flexibility index (Phi) is 4.15. The molecule has 0 atom stereocenters. The first-order chi connectivity index (χ1) is 8.69. The lowest BCUT2D eigenvalue weighted by Gasteiger charge is -2.09. The number of hydrogen-bond donors (Lipinski definition) is 2. The normalized spacial score (nSPS) is 10.2. The molecule has 0 aliphatic heterocycles. The van der Waals surface area contributed by atoms with Crippen LogP contribution in [0.1, 0.15) is 12.5 Å². The highest BCUT2D eigenvalue weighted by Gasteiger charge is 2.02. The minimum atomic E-state index is 0.720. The van der Waals surface area contributed by atoms with Crippen molar-refractivity contribution in [1.82, 2.24) is 9.97 Å². The van der Waals surface area contributed by atoms with Gasteiger partial charge in [0.05, 0.1) is 18.1 Å². The summed E-state index contributed by atoms with van der Waals surface area (Å²) >= 11 is 3.53. The van der Waals surface area contributed by atoms with Crippen LogP contribution in [-0.2, 0) is 0 Å². The van der Waals surface area contributed by atoms with Crippen LogP contribution in [0.15, 0.2) is 35.1 Å². The van der Waals surface area contributed by atoms with Crippen LogP contribution < -0.4 is 10.6 Å². The number of benzene rings is 1. The topological polar surface area (TPSA) is 49.8 Å². The SMILES string of the molecule is CCNc1cncc(Nc2ccc(C)cc2Br)n1. The lowest BCUT2D eigenvalue weighted by Crippen LogP contribution is -2.02. The second-order valence-electron chi connectivity index (χ2n) is 3.93. The van der Waals surface area contributed by atoms with Crippen LogP contribution in [0.5, 0.6) is 0 Å². The molecule has 18 heavy (non-hydrogen) atoms. The highest BCUT2D eigenvalue weighted by Crippen LogP contribution is 2.26. The van der Waals surface area contributed by atoms with Gasteiger partial charge in [0.2, 0.25) is 0 Å². The van der Waals surface area contributed by atoms with Gasteiger partial charge < -0.3 is 10.6 Å². The van der Waals surface area contributed by atoms with Crippen LogP contribution in [-0.4, -0.2) is 16.5 Å². The Labute approximate surface area is 115 Å². The van der Waals surface area contributed by atoms with Crippen molar-refractivity contribution in [2.45, 2.75) is 13.8 Å². The smallest absolute Gasteiger partial charge is 0.151 e. The van der Waals surface area contributed by atoms with Crippen LogP contribution in [0, 0.1) is 6.92 Å². The average Bonchev–Trinajstić information content (AvgIpc) is 2.34. The van der Waals surface area contributed by atoms with Crippen LogP contribution >= 0.6 is 15.9 Å². The molecule has 0 radical (unpaired) electrons. The predicted molar refractivity (Wildman–Crippen MR) is 78.4 cm³/mol. The summed E-state index contributed by atoms with van der Waals surface area (Å²) in [6.07, 6.45) is 3.41. The van der Waals surface area contributed by atoms with E-state index in [0.29, 0.717) is 0 Å². The number of rotatable bonds is 4. The molecule has 5 heteroatoms. The molecular formula is C13H15BrN4. The summed E-state index contributed by atoms with van der Waals surface area (Å²) in [7, 11) is 0. The molecule has 0 aliphatic carbocycles. The molecule has 1 aromatic carbocycles. The Balaban J connectivity index is 2.20. The Hall–Kier alpha value is -1.62. The highest BCUT2D eigenvalue weighted by atomic mass is 79.9. The minimum absolute atomic E-state index is 0.720. The van der Waals surface area contributed by atoms with Crippen molar-refractivity contribution in [2.24, 2.45) is 0 Å². The van der Waals surface area contributed by atoms with E-state index in [-0.39, 0.29) is 0 Å². The minimum Gasteiger partial charge on any atom is -0.369 e. The lowest BCUT2D eigenvalue weighted by molar-refractivity contribution is 1.12. The van der Waals surface area contributed by atoms with Crippen molar-refractivity contribution in [3.63, 3.8) is 0 Å². The zero-order valence-electron chi connectivity index (χ0n) is 10.4. The standard InChI is InChI=1S/C13H15BrN4/c1-3-16-12-7-15-8-13(18-12)17-11-5-4-9(2)6-10(11)14/h4-8H,3H2,1-2H3,(H2,16,17,18). The van der Waals surface area contributed by atoms with Gasteiger partial charge in [0, 0.05) is 11.0 Å². The first-order valence-electron chi connectivity index (χ1n) is 5.78. The van der Waals surface area contributed by atoms with Gasteiger partial charge in [-0.3, -0.25) is 4.98 Å². The van der Waals surface area contributed by atoms with E-state index in [1.165, 1.54) is 5.56 Å². The van der Waals surface area contributed by atoms with Gasteiger partial charge in [-0.1, -0.05) is 6.07 Å². The van der Waals surface area contributed by atoms with Crippen molar-refractivity contribution < 1.29 is 0 Å². The van der Waals surface area contributed by atoms with Crippen LogP contribution in [0.4, 0.5) is 17.3 Å². The molecule has 1 aromatic heterocycles. The monoisotopic (exact) mass is 306 g/mol. The maximum atomic E-state index is 4.42. The van der Waals surface area contributed by atoms with Crippen molar-refractivity contribution in [3.8, 4) is 0 Å². The molecule has 0 saturated carbocycles. The van der Waals surface area contributed by atoms with Crippen LogP contribution in [0.3, 0.4) is 0 Å². The van der Waals surface area contributed by atoms with Gasteiger partial charge in [-0.05, 0) is 47.5 Å². The zero-order chi connectivity index (χ0) is 13.0. The van der Waals surface area contributed by atoms with E-state index < -0.39 is 0 Å². The summed E-state index contributed by atoms with van der Waals surface area (Å²) in [6, 6.07) is 6.12.